The Labute approximate surface area is 113 Å². The standard InChI is InChI=1S/C14H21N5/c1-9(2)13-17-11-12(15)16-8-19(14(11)18-13)7-10-5-3-4-6-10/h8-10H,3-7,15H2,1-2H3. The number of hydrogen-bond acceptors (Lipinski definition) is 4. The molecule has 1 aliphatic carbocycles. The van der Waals surface area contributed by atoms with E-state index in [1.807, 2.05) is 6.33 Å². The molecule has 0 amide bonds. The van der Waals surface area contributed by atoms with E-state index in [-0.39, 0.29) is 0 Å². The highest BCUT2D eigenvalue weighted by Gasteiger charge is 2.22. The Hall–Kier alpha value is -1.65. The topological polar surface area (TPSA) is 69.6 Å². The monoisotopic (exact) mass is 259 g/mol. The summed E-state index contributed by atoms with van der Waals surface area (Å²) in [4.78, 5) is 13.4. The van der Waals surface area contributed by atoms with Gasteiger partial charge in [0.1, 0.15) is 5.82 Å². The summed E-state index contributed by atoms with van der Waals surface area (Å²) >= 11 is 0. The number of fused-ring (bicyclic) bond motifs is 1. The van der Waals surface area contributed by atoms with Crippen LogP contribution in [0.25, 0.3) is 11.5 Å². The number of nitrogens with two attached hydrogens (primary N) is 1. The van der Waals surface area contributed by atoms with Gasteiger partial charge in [-0.05, 0) is 18.8 Å². The molecule has 3 rings (SSSR count). The van der Waals surface area contributed by atoms with Crippen LogP contribution in [-0.4, -0.2) is 19.5 Å². The van der Waals surface area contributed by atoms with Gasteiger partial charge in [0, 0.05) is 12.5 Å². The number of anilines is 1. The minimum absolute atomic E-state index is 0.312. The first-order chi connectivity index (χ1) is 9.15. The first-order valence-corrected chi connectivity index (χ1v) is 7.13. The molecule has 2 aliphatic heterocycles. The summed E-state index contributed by atoms with van der Waals surface area (Å²) in [7, 11) is 0. The zero-order valence-corrected chi connectivity index (χ0v) is 11.6. The molecule has 0 bridgehead atoms. The van der Waals surface area contributed by atoms with Gasteiger partial charge in [-0.15, -0.1) is 0 Å². The molecule has 0 aromatic rings. The zero-order chi connectivity index (χ0) is 13.4. The lowest BCUT2D eigenvalue weighted by molar-refractivity contribution is 0.453. The van der Waals surface area contributed by atoms with Crippen molar-refractivity contribution in [2.24, 2.45) is 5.92 Å². The van der Waals surface area contributed by atoms with Crippen LogP contribution in [0.2, 0.25) is 0 Å². The molecule has 0 aromatic heterocycles. The Morgan fingerprint density at radius 1 is 1.32 bits per heavy atom. The van der Waals surface area contributed by atoms with Gasteiger partial charge in [-0.2, -0.15) is 0 Å². The first-order valence-electron chi connectivity index (χ1n) is 7.13. The number of imidazole rings is 1. The minimum Gasteiger partial charge on any atom is -0.382 e. The largest absolute Gasteiger partial charge is 0.382 e. The van der Waals surface area contributed by atoms with E-state index in [0.29, 0.717) is 11.7 Å². The summed E-state index contributed by atoms with van der Waals surface area (Å²) in [5.74, 6) is 3.29. The third-order valence-electron chi connectivity index (χ3n) is 3.96. The molecule has 3 aliphatic rings. The number of rotatable bonds is 3. The maximum Gasteiger partial charge on any atom is 0.165 e. The van der Waals surface area contributed by atoms with Gasteiger partial charge in [0.05, 0.1) is 6.33 Å². The van der Waals surface area contributed by atoms with Gasteiger partial charge in [0.25, 0.3) is 0 Å². The molecule has 2 heterocycles. The molecule has 1 fully saturated rings. The van der Waals surface area contributed by atoms with E-state index in [0.717, 1.165) is 29.8 Å². The smallest absolute Gasteiger partial charge is 0.165 e. The summed E-state index contributed by atoms with van der Waals surface area (Å²) < 4.78 is 2.13. The third-order valence-corrected chi connectivity index (χ3v) is 3.96. The average Bonchev–Trinajstić information content (AvgIpc) is 3.01. The van der Waals surface area contributed by atoms with Crippen molar-refractivity contribution in [1.29, 1.82) is 0 Å². The molecule has 19 heavy (non-hydrogen) atoms. The fourth-order valence-electron chi connectivity index (χ4n) is 2.83. The Kier molecular flexibility index (Phi) is 3.12. The Morgan fingerprint density at radius 3 is 2.74 bits per heavy atom. The molecule has 0 radical (unpaired) electrons. The van der Waals surface area contributed by atoms with Crippen LogP contribution in [0.1, 0.15) is 51.3 Å². The molecule has 1 saturated carbocycles. The van der Waals surface area contributed by atoms with Gasteiger partial charge in [-0.1, -0.05) is 26.7 Å². The van der Waals surface area contributed by atoms with Gasteiger partial charge in [-0.3, -0.25) is 0 Å². The molecule has 5 heteroatoms. The van der Waals surface area contributed by atoms with Crippen molar-refractivity contribution in [3.63, 3.8) is 0 Å². The summed E-state index contributed by atoms with van der Waals surface area (Å²) in [6, 6.07) is 0. The summed E-state index contributed by atoms with van der Waals surface area (Å²) in [6.07, 6.45) is 7.13. The van der Waals surface area contributed by atoms with Crippen LogP contribution in [0.4, 0.5) is 5.82 Å². The van der Waals surface area contributed by atoms with Crippen molar-refractivity contribution in [2.75, 3.05) is 5.73 Å². The van der Waals surface area contributed by atoms with Crippen molar-refractivity contribution in [2.45, 2.75) is 52.0 Å². The van der Waals surface area contributed by atoms with Crippen molar-refractivity contribution < 1.29 is 0 Å². The van der Waals surface area contributed by atoms with E-state index in [2.05, 4.69) is 33.4 Å². The lowest BCUT2D eigenvalue weighted by Gasteiger charge is -2.15. The maximum absolute atomic E-state index is 5.92. The van der Waals surface area contributed by atoms with Crippen LogP contribution in [0, 0.1) is 5.92 Å². The van der Waals surface area contributed by atoms with E-state index >= 15 is 0 Å². The van der Waals surface area contributed by atoms with Gasteiger partial charge < -0.3 is 10.3 Å². The van der Waals surface area contributed by atoms with E-state index in [9.17, 15) is 0 Å². The van der Waals surface area contributed by atoms with Gasteiger partial charge in [-0.25, -0.2) is 15.0 Å². The predicted octanol–water partition coefficient (Wildman–Crippen LogP) is 2.67. The highest BCUT2D eigenvalue weighted by molar-refractivity contribution is 5.65. The van der Waals surface area contributed by atoms with Crippen molar-refractivity contribution in [3.05, 3.63) is 12.2 Å². The van der Waals surface area contributed by atoms with Crippen LogP contribution in [0.5, 0.6) is 0 Å². The SMILES string of the molecule is CC(C)c1nc2c(N)ncn(CC3CCCC3)c-2n1. The number of nitrogens with zero attached hydrogens (tertiary/aromatic N) is 4. The van der Waals surface area contributed by atoms with Crippen LogP contribution >= 0.6 is 0 Å². The van der Waals surface area contributed by atoms with Crippen molar-refractivity contribution in [3.8, 4) is 11.5 Å². The van der Waals surface area contributed by atoms with E-state index in [1.54, 1.807) is 0 Å². The van der Waals surface area contributed by atoms with Gasteiger partial charge in [0.15, 0.2) is 17.3 Å². The number of aromatic nitrogens is 4. The van der Waals surface area contributed by atoms with E-state index in [1.165, 1.54) is 25.7 Å². The second-order valence-electron chi connectivity index (χ2n) is 5.84. The molecule has 0 unspecified atom stereocenters. The molecule has 0 aromatic carbocycles. The molecule has 102 valence electrons. The fourth-order valence-corrected chi connectivity index (χ4v) is 2.83. The third kappa shape index (κ3) is 2.29. The molecule has 0 spiro atoms. The molecule has 0 atom stereocenters. The second-order valence-corrected chi connectivity index (χ2v) is 5.84. The quantitative estimate of drug-likeness (QED) is 0.920. The molecule has 0 saturated heterocycles. The van der Waals surface area contributed by atoms with Crippen LogP contribution in [0.15, 0.2) is 6.33 Å². The summed E-state index contributed by atoms with van der Waals surface area (Å²) in [5, 5.41) is 0. The lowest BCUT2D eigenvalue weighted by Crippen LogP contribution is -2.13. The van der Waals surface area contributed by atoms with Crippen LogP contribution in [0.3, 0.4) is 0 Å². The average molecular weight is 259 g/mol. The predicted molar refractivity (Wildman–Crippen MR) is 74.9 cm³/mol. The van der Waals surface area contributed by atoms with E-state index < -0.39 is 0 Å². The molecule has 5 nitrogen and oxygen atoms in total. The van der Waals surface area contributed by atoms with Gasteiger partial charge in [0.2, 0.25) is 0 Å². The summed E-state index contributed by atoms with van der Waals surface area (Å²) in [5.41, 5.74) is 6.67. The Bertz CT molecular complexity index is 539. The number of nitrogen functional groups attached to an aromatic ring is 1. The fraction of sp³-hybridized carbons (Fsp3) is 0.643. The highest BCUT2D eigenvalue weighted by atomic mass is 15.2. The van der Waals surface area contributed by atoms with Gasteiger partial charge >= 0.3 is 0 Å². The van der Waals surface area contributed by atoms with Crippen molar-refractivity contribution >= 4 is 5.82 Å². The second kappa shape index (κ2) is 4.79. The lowest BCUT2D eigenvalue weighted by atomic mass is 10.1. The van der Waals surface area contributed by atoms with Crippen molar-refractivity contribution in [1.82, 2.24) is 19.5 Å². The summed E-state index contributed by atoms with van der Waals surface area (Å²) in [6.45, 7) is 5.18. The Balaban J connectivity index is 1.97. The number of hydrogen-bond donors (Lipinski definition) is 1. The van der Waals surface area contributed by atoms with Crippen LogP contribution in [-0.2, 0) is 6.54 Å². The van der Waals surface area contributed by atoms with Crippen LogP contribution < -0.4 is 5.73 Å². The Morgan fingerprint density at radius 2 is 2.05 bits per heavy atom. The van der Waals surface area contributed by atoms with E-state index in [4.69, 9.17) is 5.73 Å². The molecular weight excluding hydrogens is 238 g/mol. The molecule has 2 N–H and O–H groups in total. The molecular formula is C14H21N5. The minimum atomic E-state index is 0.312. The maximum atomic E-state index is 5.92. The first kappa shape index (κ1) is 12.4. The normalized spacial score (nSPS) is 16.8. The highest BCUT2D eigenvalue weighted by Crippen LogP contribution is 2.30. The zero-order valence-electron chi connectivity index (χ0n) is 11.6.